The third-order valence-electron chi connectivity index (χ3n) is 3.35. The van der Waals surface area contributed by atoms with E-state index in [1.165, 1.54) is 0 Å². The van der Waals surface area contributed by atoms with Crippen LogP contribution in [0, 0.1) is 13.8 Å². The highest BCUT2D eigenvalue weighted by atomic mass is 16.6. The minimum atomic E-state index is -0.243. The van der Waals surface area contributed by atoms with Crippen LogP contribution in [0.2, 0.25) is 0 Å². The second-order valence-corrected chi connectivity index (χ2v) is 4.66. The summed E-state index contributed by atoms with van der Waals surface area (Å²) in [6.07, 6.45) is 0.731. The molecule has 4 heteroatoms. The molecule has 0 atom stereocenters. The smallest absolute Gasteiger partial charge is 0.410 e. The molecule has 1 aliphatic heterocycles. The largest absolute Gasteiger partial charge is 0.415 e. The van der Waals surface area contributed by atoms with E-state index >= 15 is 0 Å². The average molecular weight is 248 g/mol. The van der Waals surface area contributed by atoms with Crippen molar-refractivity contribution in [3.05, 3.63) is 29.3 Å². The first-order valence-corrected chi connectivity index (χ1v) is 6.42. The van der Waals surface area contributed by atoms with Gasteiger partial charge in [0.05, 0.1) is 0 Å². The van der Waals surface area contributed by atoms with Gasteiger partial charge in [0.2, 0.25) is 0 Å². The molecule has 1 aromatic carbocycles. The van der Waals surface area contributed by atoms with Crippen LogP contribution in [0.25, 0.3) is 0 Å². The standard InChI is InChI=1S/C14H20N2O2/c1-11-5-3-6-13(12(11)2)18-14(17)16-9-4-7-15-8-10-16/h3,5-6,15H,4,7-10H2,1-2H3. The van der Waals surface area contributed by atoms with Gasteiger partial charge in [0.15, 0.2) is 0 Å². The number of carbonyl (C=O) groups excluding carboxylic acids is 1. The van der Waals surface area contributed by atoms with Crippen molar-refractivity contribution in [1.82, 2.24) is 10.2 Å². The Kier molecular flexibility index (Phi) is 4.20. The van der Waals surface area contributed by atoms with E-state index in [0.717, 1.165) is 37.2 Å². The third-order valence-corrected chi connectivity index (χ3v) is 3.35. The monoisotopic (exact) mass is 248 g/mol. The third kappa shape index (κ3) is 3.01. The molecule has 2 rings (SSSR count). The number of carbonyl (C=O) groups is 1. The van der Waals surface area contributed by atoms with Crippen LogP contribution in [0.1, 0.15) is 17.5 Å². The Morgan fingerprint density at radius 3 is 2.94 bits per heavy atom. The molecule has 1 amide bonds. The lowest BCUT2D eigenvalue weighted by molar-refractivity contribution is 0.155. The zero-order valence-corrected chi connectivity index (χ0v) is 11.0. The summed E-state index contributed by atoms with van der Waals surface area (Å²) in [6.45, 7) is 7.26. The Labute approximate surface area is 108 Å². The second-order valence-electron chi connectivity index (χ2n) is 4.66. The summed E-state index contributed by atoms with van der Waals surface area (Å²) in [5, 5.41) is 3.27. The zero-order chi connectivity index (χ0) is 13.0. The summed E-state index contributed by atoms with van der Waals surface area (Å²) < 4.78 is 5.48. The molecule has 0 spiro atoms. The van der Waals surface area contributed by atoms with Gasteiger partial charge in [-0.25, -0.2) is 4.79 Å². The molecule has 0 aromatic heterocycles. The molecule has 4 nitrogen and oxygen atoms in total. The molecule has 98 valence electrons. The highest BCUT2D eigenvalue weighted by Gasteiger charge is 2.18. The molecule has 0 unspecified atom stereocenters. The maximum atomic E-state index is 12.1. The lowest BCUT2D eigenvalue weighted by Gasteiger charge is -2.20. The molecular weight excluding hydrogens is 228 g/mol. The van der Waals surface area contributed by atoms with Gasteiger partial charge in [-0.1, -0.05) is 12.1 Å². The van der Waals surface area contributed by atoms with Crippen LogP contribution in [0.4, 0.5) is 4.79 Å². The van der Waals surface area contributed by atoms with Gasteiger partial charge < -0.3 is 15.0 Å². The highest BCUT2D eigenvalue weighted by Crippen LogP contribution is 2.21. The van der Waals surface area contributed by atoms with Crippen LogP contribution >= 0.6 is 0 Å². The van der Waals surface area contributed by atoms with E-state index in [4.69, 9.17) is 4.74 Å². The van der Waals surface area contributed by atoms with Gasteiger partial charge in [0.25, 0.3) is 0 Å². The number of nitrogens with one attached hydrogen (secondary N) is 1. The van der Waals surface area contributed by atoms with E-state index in [9.17, 15) is 4.79 Å². The summed E-state index contributed by atoms with van der Waals surface area (Å²) in [6, 6.07) is 5.77. The predicted octanol–water partition coefficient (Wildman–Crippen LogP) is 2.10. The Hall–Kier alpha value is -1.55. The summed E-state index contributed by atoms with van der Waals surface area (Å²) in [5.74, 6) is 0.664. The van der Waals surface area contributed by atoms with Crippen molar-refractivity contribution in [2.45, 2.75) is 20.3 Å². The van der Waals surface area contributed by atoms with Gasteiger partial charge in [0, 0.05) is 19.6 Å². The topological polar surface area (TPSA) is 41.6 Å². The normalized spacial score (nSPS) is 16.2. The van der Waals surface area contributed by atoms with E-state index in [1.807, 2.05) is 32.0 Å². The number of nitrogens with zero attached hydrogens (tertiary/aromatic N) is 1. The van der Waals surface area contributed by atoms with E-state index in [2.05, 4.69) is 5.32 Å². The molecule has 1 aromatic rings. The van der Waals surface area contributed by atoms with Crippen molar-refractivity contribution in [2.75, 3.05) is 26.2 Å². The van der Waals surface area contributed by atoms with E-state index in [-0.39, 0.29) is 6.09 Å². The van der Waals surface area contributed by atoms with Crippen molar-refractivity contribution in [3.8, 4) is 5.75 Å². The average Bonchev–Trinajstić information content (AvgIpc) is 2.63. The molecule has 1 saturated heterocycles. The lowest BCUT2D eigenvalue weighted by Crippen LogP contribution is -2.36. The minimum Gasteiger partial charge on any atom is -0.410 e. The summed E-state index contributed by atoms with van der Waals surface area (Å²) in [5.41, 5.74) is 2.16. The lowest BCUT2D eigenvalue weighted by atomic mass is 10.1. The van der Waals surface area contributed by atoms with Crippen molar-refractivity contribution in [2.24, 2.45) is 0 Å². The highest BCUT2D eigenvalue weighted by molar-refractivity contribution is 5.71. The number of benzene rings is 1. The van der Waals surface area contributed by atoms with E-state index in [0.29, 0.717) is 12.3 Å². The number of aryl methyl sites for hydroxylation is 1. The number of ether oxygens (including phenoxy) is 1. The second kappa shape index (κ2) is 5.87. The first-order valence-electron chi connectivity index (χ1n) is 6.42. The maximum Gasteiger partial charge on any atom is 0.415 e. The number of hydrogen-bond acceptors (Lipinski definition) is 3. The van der Waals surface area contributed by atoms with Gasteiger partial charge in [-0.3, -0.25) is 0 Å². The Balaban J connectivity index is 2.03. The van der Waals surface area contributed by atoms with Crippen LogP contribution in [-0.4, -0.2) is 37.2 Å². The molecule has 18 heavy (non-hydrogen) atoms. The predicted molar refractivity (Wildman–Crippen MR) is 71.0 cm³/mol. The zero-order valence-electron chi connectivity index (χ0n) is 11.0. The Morgan fingerprint density at radius 1 is 1.28 bits per heavy atom. The summed E-state index contributed by atoms with van der Waals surface area (Å²) in [4.78, 5) is 13.8. The van der Waals surface area contributed by atoms with Gasteiger partial charge in [-0.2, -0.15) is 0 Å². The molecular formula is C14H20N2O2. The molecule has 1 fully saturated rings. The SMILES string of the molecule is Cc1cccc(OC(=O)N2CCCNCC2)c1C. The van der Waals surface area contributed by atoms with Crippen molar-refractivity contribution in [3.63, 3.8) is 0 Å². The van der Waals surface area contributed by atoms with Gasteiger partial charge >= 0.3 is 6.09 Å². The molecule has 1 N–H and O–H groups in total. The Morgan fingerprint density at radius 2 is 2.11 bits per heavy atom. The fraction of sp³-hybridized carbons (Fsp3) is 0.500. The van der Waals surface area contributed by atoms with Gasteiger partial charge in [-0.05, 0) is 44.0 Å². The molecule has 1 heterocycles. The van der Waals surface area contributed by atoms with Crippen LogP contribution in [0.3, 0.4) is 0 Å². The number of amides is 1. The van der Waals surface area contributed by atoms with E-state index < -0.39 is 0 Å². The molecule has 1 aliphatic rings. The minimum absolute atomic E-state index is 0.243. The fourth-order valence-electron chi connectivity index (χ4n) is 2.02. The van der Waals surface area contributed by atoms with Gasteiger partial charge in [-0.15, -0.1) is 0 Å². The Bertz CT molecular complexity index is 424. The summed E-state index contributed by atoms with van der Waals surface area (Å²) >= 11 is 0. The van der Waals surface area contributed by atoms with Crippen LogP contribution in [0.5, 0.6) is 5.75 Å². The van der Waals surface area contributed by atoms with Gasteiger partial charge in [0.1, 0.15) is 5.75 Å². The van der Waals surface area contributed by atoms with Crippen molar-refractivity contribution in [1.29, 1.82) is 0 Å². The van der Waals surface area contributed by atoms with Crippen molar-refractivity contribution < 1.29 is 9.53 Å². The van der Waals surface area contributed by atoms with Crippen LogP contribution < -0.4 is 10.1 Å². The first kappa shape index (κ1) is 12.9. The quantitative estimate of drug-likeness (QED) is 0.827. The molecule has 0 bridgehead atoms. The number of hydrogen-bond donors (Lipinski definition) is 1. The molecule has 0 radical (unpaired) electrons. The number of rotatable bonds is 1. The van der Waals surface area contributed by atoms with E-state index in [1.54, 1.807) is 4.90 Å². The maximum absolute atomic E-state index is 12.1. The molecule has 0 aliphatic carbocycles. The summed E-state index contributed by atoms with van der Waals surface area (Å²) in [7, 11) is 0. The fourth-order valence-corrected chi connectivity index (χ4v) is 2.02. The van der Waals surface area contributed by atoms with Crippen LogP contribution in [-0.2, 0) is 0 Å². The first-order chi connectivity index (χ1) is 8.68. The molecule has 0 saturated carbocycles. The van der Waals surface area contributed by atoms with Crippen LogP contribution in [0.15, 0.2) is 18.2 Å². The van der Waals surface area contributed by atoms with Crippen molar-refractivity contribution >= 4 is 6.09 Å².